The molecule has 6 nitrogen and oxygen atoms in total. The van der Waals surface area contributed by atoms with Gasteiger partial charge in [-0.25, -0.2) is 0 Å². The van der Waals surface area contributed by atoms with Gasteiger partial charge in [-0.1, -0.05) is 6.07 Å². The number of aryl methyl sites for hydroxylation is 1. The first-order valence-electron chi connectivity index (χ1n) is 8.50. The Morgan fingerprint density at radius 1 is 1.28 bits per heavy atom. The third-order valence-electron chi connectivity index (χ3n) is 4.42. The Labute approximate surface area is 147 Å². The molecule has 6 heteroatoms. The molecule has 3 rings (SSSR count). The van der Waals surface area contributed by atoms with Crippen molar-refractivity contribution in [2.75, 3.05) is 25.1 Å². The zero-order chi connectivity index (χ0) is 17.6. The zero-order valence-electron chi connectivity index (χ0n) is 14.4. The maximum absolute atomic E-state index is 12.3. The van der Waals surface area contributed by atoms with E-state index in [4.69, 9.17) is 4.74 Å². The van der Waals surface area contributed by atoms with Gasteiger partial charge in [-0.2, -0.15) is 0 Å². The van der Waals surface area contributed by atoms with Gasteiger partial charge in [-0.15, -0.1) is 0 Å². The molecule has 2 aromatic rings. The largest absolute Gasteiger partial charge is 0.497 e. The van der Waals surface area contributed by atoms with E-state index >= 15 is 0 Å². The minimum Gasteiger partial charge on any atom is -0.497 e. The van der Waals surface area contributed by atoms with Crippen molar-refractivity contribution >= 4 is 17.5 Å². The Morgan fingerprint density at radius 2 is 2.08 bits per heavy atom. The van der Waals surface area contributed by atoms with Crippen LogP contribution in [0.1, 0.15) is 12.8 Å². The van der Waals surface area contributed by atoms with E-state index in [1.54, 1.807) is 12.0 Å². The van der Waals surface area contributed by atoms with Crippen LogP contribution >= 0.6 is 0 Å². The van der Waals surface area contributed by atoms with Gasteiger partial charge in [0.2, 0.25) is 11.8 Å². The third kappa shape index (κ3) is 4.21. The van der Waals surface area contributed by atoms with Crippen molar-refractivity contribution in [2.45, 2.75) is 19.4 Å². The molecule has 1 aromatic heterocycles. The summed E-state index contributed by atoms with van der Waals surface area (Å²) in [5.41, 5.74) is 0.771. The third-order valence-corrected chi connectivity index (χ3v) is 4.42. The highest BCUT2D eigenvalue weighted by Gasteiger charge is 2.35. The average molecular weight is 341 g/mol. The SMILES string of the molecule is COc1cccc(N2CC(C(=O)NCCCn3cccc3)CC2=O)c1. The van der Waals surface area contributed by atoms with E-state index in [2.05, 4.69) is 9.88 Å². The summed E-state index contributed by atoms with van der Waals surface area (Å²) in [6, 6.07) is 11.3. The predicted octanol–water partition coefficient (Wildman–Crippen LogP) is 2.06. The number of anilines is 1. The van der Waals surface area contributed by atoms with Gasteiger partial charge in [-0.3, -0.25) is 9.59 Å². The molecule has 2 heterocycles. The molecule has 1 saturated heterocycles. The number of benzene rings is 1. The van der Waals surface area contributed by atoms with E-state index in [0.29, 0.717) is 18.8 Å². The summed E-state index contributed by atoms with van der Waals surface area (Å²) in [5, 5.41) is 2.95. The van der Waals surface area contributed by atoms with E-state index in [-0.39, 0.29) is 24.2 Å². The van der Waals surface area contributed by atoms with E-state index in [1.165, 1.54) is 0 Å². The molecule has 0 bridgehead atoms. The normalized spacial score (nSPS) is 16.9. The molecule has 132 valence electrons. The smallest absolute Gasteiger partial charge is 0.227 e. The quantitative estimate of drug-likeness (QED) is 0.784. The van der Waals surface area contributed by atoms with Gasteiger partial charge in [0.25, 0.3) is 0 Å². The van der Waals surface area contributed by atoms with Crippen LogP contribution in [0.15, 0.2) is 48.8 Å². The number of methoxy groups -OCH3 is 1. The first-order valence-corrected chi connectivity index (χ1v) is 8.50. The fourth-order valence-corrected chi connectivity index (χ4v) is 3.05. The van der Waals surface area contributed by atoms with E-state index in [1.807, 2.05) is 48.8 Å². The van der Waals surface area contributed by atoms with Gasteiger partial charge < -0.3 is 19.5 Å². The van der Waals surface area contributed by atoms with Crippen molar-refractivity contribution in [3.63, 3.8) is 0 Å². The van der Waals surface area contributed by atoms with Crippen LogP contribution in [0.4, 0.5) is 5.69 Å². The van der Waals surface area contributed by atoms with Crippen molar-refractivity contribution < 1.29 is 14.3 Å². The topological polar surface area (TPSA) is 63.6 Å². The molecular formula is C19H23N3O3. The van der Waals surface area contributed by atoms with Gasteiger partial charge in [0, 0.05) is 50.2 Å². The second-order valence-corrected chi connectivity index (χ2v) is 6.17. The lowest BCUT2D eigenvalue weighted by molar-refractivity contribution is -0.126. The molecule has 1 aliphatic heterocycles. The fourth-order valence-electron chi connectivity index (χ4n) is 3.05. The Bertz CT molecular complexity index is 727. The number of hydrogen-bond donors (Lipinski definition) is 1. The maximum atomic E-state index is 12.3. The van der Waals surface area contributed by atoms with Gasteiger partial charge >= 0.3 is 0 Å². The number of hydrogen-bond acceptors (Lipinski definition) is 3. The van der Waals surface area contributed by atoms with Crippen molar-refractivity contribution in [2.24, 2.45) is 5.92 Å². The van der Waals surface area contributed by atoms with Crippen LogP contribution in [0, 0.1) is 5.92 Å². The minimum absolute atomic E-state index is 0.0271. The van der Waals surface area contributed by atoms with Crippen LogP contribution in [0.3, 0.4) is 0 Å². The Kier molecular flexibility index (Phi) is 5.38. The molecule has 0 spiro atoms. The fraction of sp³-hybridized carbons (Fsp3) is 0.368. The maximum Gasteiger partial charge on any atom is 0.227 e. The number of ether oxygens (including phenoxy) is 1. The Hall–Kier alpha value is -2.76. The summed E-state index contributed by atoms with van der Waals surface area (Å²) in [6.07, 6.45) is 5.12. The summed E-state index contributed by atoms with van der Waals surface area (Å²) in [5.74, 6) is 0.320. The van der Waals surface area contributed by atoms with Crippen LogP contribution in [-0.4, -0.2) is 36.6 Å². The van der Waals surface area contributed by atoms with Crippen molar-refractivity contribution in [3.8, 4) is 5.75 Å². The van der Waals surface area contributed by atoms with Gasteiger partial charge in [0.05, 0.1) is 13.0 Å². The molecule has 0 aliphatic carbocycles. The second-order valence-electron chi connectivity index (χ2n) is 6.17. The average Bonchev–Trinajstić information content (AvgIpc) is 3.28. The van der Waals surface area contributed by atoms with Crippen LogP contribution in [-0.2, 0) is 16.1 Å². The van der Waals surface area contributed by atoms with E-state index in [9.17, 15) is 9.59 Å². The lowest BCUT2D eigenvalue weighted by Gasteiger charge is -2.17. The standard InChI is InChI=1S/C19H23N3O3/c1-25-17-7-4-6-16(13-17)22-14-15(12-18(22)23)19(24)20-8-5-11-21-9-2-3-10-21/h2-4,6-7,9-10,13,15H,5,8,11-12,14H2,1H3,(H,20,24). The Morgan fingerprint density at radius 3 is 2.84 bits per heavy atom. The molecule has 1 aliphatic rings. The summed E-state index contributed by atoms with van der Waals surface area (Å²) in [6.45, 7) is 1.89. The van der Waals surface area contributed by atoms with Crippen molar-refractivity contribution in [1.82, 2.24) is 9.88 Å². The van der Waals surface area contributed by atoms with Crippen LogP contribution in [0.5, 0.6) is 5.75 Å². The lowest BCUT2D eigenvalue weighted by Crippen LogP contribution is -2.33. The zero-order valence-corrected chi connectivity index (χ0v) is 14.4. The first-order chi connectivity index (χ1) is 12.2. The minimum atomic E-state index is -0.301. The number of carbonyl (C=O) groups excluding carboxylic acids is 2. The van der Waals surface area contributed by atoms with Crippen LogP contribution < -0.4 is 15.0 Å². The summed E-state index contributed by atoms with van der Waals surface area (Å²) in [4.78, 5) is 26.3. The van der Waals surface area contributed by atoms with Crippen molar-refractivity contribution in [3.05, 3.63) is 48.8 Å². The molecule has 25 heavy (non-hydrogen) atoms. The molecule has 0 radical (unpaired) electrons. The number of nitrogens with zero attached hydrogens (tertiary/aromatic N) is 2. The predicted molar refractivity (Wildman–Crippen MR) is 95.5 cm³/mol. The number of carbonyl (C=O) groups is 2. The van der Waals surface area contributed by atoms with Crippen LogP contribution in [0.2, 0.25) is 0 Å². The van der Waals surface area contributed by atoms with Gasteiger partial charge in [0.15, 0.2) is 0 Å². The summed E-state index contributed by atoms with van der Waals surface area (Å²) < 4.78 is 7.28. The summed E-state index contributed by atoms with van der Waals surface area (Å²) >= 11 is 0. The van der Waals surface area contributed by atoms with Gasteiger partial charge in [-0.05, 0) is 30.7 Å². The first kappa shape index (κ1) is 17.1. The van der Waals surface area contributed by atoms with E-state index < -0.39 is 0 Å². The molecule has 1 fully saturated rings. The highest BCUT2D eigenvalue weighted by Crippen LogP contribution is 2.27. The molecule has 1 N–H and O–H groups in total. The molecule has 0 saturated carbocycles. The van der Waals surface area contributed by atoms with Crippen LogP contribution in [0.25, 0.3) is 0 Å². The molecular weight excluding hydrogens is 318 g/mol. The molecule has 1 atom stereocenters. The monoisotopic (exact) mass is 341 g/mol. The molecule has 1 unspecified atom stereocenters. The lowest BCUT2D eigenvalue weighted by atomic mass is 10.1. The molecule has 2 amide bonds. The van der Waals surface area contributed by atoms with Crippen molar-refractivity contribution in [1.29, 1.82) is 0 Å². The number of rotatable bonds is 7. The highest BCUT2D eigenvalue weighted by molar-refractivity contribution is 6.00. The number of amides is 2. The molecule has 1 aromatic carbocycles. The van der Waals surface area contributed by atoms with E-state index in [0.717, 1.165) is 18.7 Å². The summed E-state index contributed by atoms with van der Waals surface area (Å²) in [7, 11) is 1.59. The highest BCUT2D eigenvalue weighted by atomic mass is 16.5. The number of aromatic nitrogens is 1. The Balaban J connectivity index is 1.50. The number of nitrogens with one attached hydrogen (secondary N) is 1. The van der Waals surface area contributed by atoms with Gasteiger partial charge in [0.1, 0.15) is 5.75 Å². The second kappa shape index (κ2) is 7.88.